The van der Waals surface area contributed by atoms with Crippen molar-refractivity contribution in [1.29, 1.82) is 0 Å². The Morgan fingerprint density at radius 2 is 2.12 bits per heavy atom. The molecule has 0 bridgehead atoms. The fourth-order valence-corrected chi connectivity index (χ4v) is 1.75. The standard InChI is InChI=1S/C12H19NO3/c1-8(14)5-11-10(7-15-3)6-13-9(2)12(11)16-4/h6,8,14H,5,7H2,1-4H3/t8-/m1/s1. The average molecular weight is 225 g/mol. The number of pyridine rings is 1. The van der Waals surface area contributed by atoms with E-state index < -0.39 is 6.10 Å². The van der Waals surface area contributed by atoms with Gasteiger partial charge in [0.15, 0.2) is 0 Å². The maximum Gasteiger partial charge on any atom is 0.143 e. The van der Waals surface area contributed by atoms with Gasteiger partial charge in [-0.1, -0.05) is 0 Å². The van der Waals surface area contributed by atoms with Gasteiger partial charge < -0.3 is 14.6 Å². The van der Waals surface area contributed by atoms with Crippen LogP contribution in [0.1, 0.15) is 23.7 Å². The van der Waals surface area contributed by atoms with Gasteiger partial charge in [-0.05, 0) is 13.8 Å². The summed E-state index contributed by atoms with van der Waals surface area (Å²) in [6.45, 7) is 4.12. The SMILES string of the molecule is COCc1cnc(C)c(OC)c1C[C@@H](C)O. The first-order valence-corrected chi connectivity index (χ1v) is 5.28. The molecule has 0 amide bonds. The third-order valence-corrected chi connectivity index (χ3v) is 2.41. The van der Waals surface area contributed by atoms with Crippen LogP contribution in [0.4, 0.5) is 0 Å². The van der Waals surface area contributed by atoms with Gasteiger partial charge in [-0.2, -0.15) is 0 Å². The molecule has 1 rings (SSSR count). The van der Waals surface area contributed by atoms with Gasteiger partial charge in [0.05, 0.1) is 25.5 Å². The monoisotopic (exact) mass is 225 g/mol. The molecule has 0 radical (unpaired) electrons. The molecule has 0 saturated heterocycles. The summed E-state index contributed by atoms with van der Waals surface area (Å²) in [6, 6.07) is 0. The van der Waals surface area contributed by atoms with Gasteiger partial charge in [-0.3, -0.25) is 4.98 Å². The Morgan fingerprint density at radius 3 is 2.62 bits per heavy atom. The normalized spacial score (nSPS) is 12.6. The molecule has 1 aromatic heterocycles. The first-order valence-electron chi connectivity index (χ1n) is 5.28. The lowest BCUT2D eigenvalue weighted by Gasteiger charge is -2.16. The Bertz CT molecular complexity index is 350. The molecule has 0 aliphatic carbocycles. The van der Waals surface area contributed by atoms with Crippen molar-refractivity contribution in [3.63, 3.8) is 0 Å². The molecular formula is C12H19NO3. The minimum Gasteiger partial charge on any atom is -0.495 e. The van der Waals surface area contributed by atoms with Crippen LogP contribution in [0.25, 0.3) is 0 Å². The Morgan fingerprint density at radius 1 is 1.44 bits per heavy atom. The Kier molecular flexibility index (Phi) is 4.71. The molecule has 0 saturated carbocycles. The van der Waals surface area contributed by atoms with Crippen molar-refractivity contribution in [3.05, 3.63) is 23.0 Å². The number of aliphatic hydroxyl groups is 1. The van der Waals surface area contributed by atoms with E-state index in [1.54, 1.807) is 27.3 Å². The molecule has 1 atom stereocenters. The summed E-state index contributed by atoms with van der Waals surface area (Å²) in [5.41, 5.74) is 2.77. The summed E-state index contributed by atoms with van der Waals surface area (Å²) in [4.78, 5) is 4.25. The van der Waals surface area contributed by atoms with E-state index in [0.29, 0.717) is 13.0 Å². The summed E-state index contributed by atoms with van der Waals surface area (Å²) in [7, 11) is 3.25. The molecule has 0 aliphatic rings. The van der Waals surface area contributed by atoms with Gasteiger partial charge in [0.1, 0.15) is 5.75 Å². The molecule has 0 aliphatic heterocycles. The summed E-state index contributed by atoms with van der Waals surface area (Å²) in [5, 5.41) is 9.49. The Labute approximate surface area is 96.2 Å². The van der Waals surface area contributed by atoms with Crippen LogP contribution in [0.15, 0.2) is 6.20 Å². The maximum absolute atomic E-state index is 9.49. The smallest absolute Gasteiger partial charge is 0.143 e. The quantitative estimate of drug-likeness (QED) is 0.824. The van der Waals surface area contributed by atoms with Crippen molar-refractivity contribution >= 4 is 0 Å². The van der Waals surface area contributed by atoms with Gasteiger partial charge in [-0.15, -0.1) is 0 Å². The largest absolute Gasteiger partial charge is 0.495 e. The second-order valence-electron chi connectivity index (χ2n) is 3.87. The molecule has 0 aromatic carbocycles. The van der Waals surface area contributed by atoms with E-state index in [4.69, 9.17) is 9.47 Å². The van der Waals surface area contributed by atoms with E-state index in [9.17, 15) is 5.11 Å². The number of nitrogens with zero attached hydrogens (tertiary/aromatic N) is 1. The molecule has 4 nitrogen and oxygen atoms in total. The Hall–Kier alpha value is -1.13. The minimum absolute atomic E-state index is 0.411. The number of methoxy groups -OCH3 is 2. The van der Waals surface area contributed by atoms with Crippen LogP contribution in [0.2, 0.25) is 0 Å². The fraction of sp³-hybridized carbons (Fsp3) is 0.583. The second kappa shape index (κ2) is 5.82. The molecule has 1 heterocycles. The molecule has 0 unspecified atom stereocenters. The first-order chi connectivity index (χ1) is 7.60. The number of aromatic nitrogens is 1. The van der Waals surface area contributed by atoms with Gasteiger partial charge in [-0.25, -0.2) is 0 Å². The summed E-state index contributed by atoms with van der Waals surface area (Å²) < 4.78 is 10.4. The molecule has 0 spiro atoms. The zero-order chi connectivity index (χ0) is 12.1. The predicted molar refractivity (Wildman–Crippen MR) is 61.6 cm³/mol. The highest BCUT2D eigenvalue weighted by molar-refractivity contribution is 5.42. The zero-order valence-electron chi connectivity index (χ0n) is 10.3. The van der Waals surface area contributed by atoms with Crippen LogP contribution in [-0.2, 0) is 17.8 Å². The van der Waals surface area contributed by atoms with E-state index in [1.807, 2.05) is 6.92 Å². The molecule has 4 heteroatoms. The lowest BCUT2D eigenvalue weighted by molar-refractivity contribution is 0.177. The van der Waals surface area contributed by atoms with Crippen LogP contribution >= 0.6 is 0 Å². The number of ether oxygens (including phenoxy) is 2. The third-order valence-electron chi connectivity index (χ3n) is 2.41. The van der Waals surface area contributed by atoms with Crippen LogP contribution in [0.5, 0.6) is 5.75 Å². The summed E-state index contributed by atoms with van der Waals surface area (Å²) >= 11 is 0. The molecule has 90 valence electrons. The lowest BCUT2D eigenvalue weighted by Crippen LogP contribution is -2.11. The number of aryl methyl sites for hydroxylation is 1. The van der Waals surface area contributed by atoms with Crippen LogP contribution in [0.3, 0.4) is 0 Å². The first kappa shape index (κ1) is 12.9. The van der Waals surface area contributed by atoms with Gasteiger partial charge in [0.2, 0.25) is 0 Å². The topological polar surface area (TPSA) is 51.6 Å². The summed E-state index contributed by atoms with van der Waals surface area (Å²) in [5.74, 6) is 0.746. The van der Waals surface area contributed by atoms with E-state index in [-0.39, 0.29) is 0 Å². The lowest BCUT2D eigenvalue weighted by atomic mass is 10.0. The third kappa shape index (κ3) is 2.93. The zero-order valence-corrected chi connectivity index (χ0v) is 10.3. The van der Waals surface area contributed by atoms with Crippen molar-refractivity contribution < 1.29 is 14.6 Å². The van der Waals surface area contributed by atoms with Crippen LogP contribution in [0, 0.1) is 6.92 Å². The second-order valence-corrected chi connectivity index (χ2v) is 3.87. The molecule has 0 fully saturated rings. The molecule has 1 aromatic rings. The van der Waals surface area contributed by atoms with Crippen molar-refractivity contribution in [2.75, 3.05) is 14.2 Å². The highest BCUT2D eigenvalue weighted by Crippen LogP contribution is 2.26. The predicted octanol–water partition coefficient (Wildman–Crippen LogP) is 1.47. The van der Waals surface area contributed by atoms with Crippen molar-refractivity contribution in [2.24, 2.45) is 0 Å². The van der Waals surface area contributed by atoms with Crippen molar-refractivity contribution in [1.82, 2.24) is 4.98 Å². The van der Waals surface area contributed by atoms with E-state index in [2.05, 4.69) is 4.98 Å². The minimum atomic E-state index is -0.411. The number of rotatable bonds is 5. The highest BCUT2D eigenvalue weighted by Gasteiger charge is 2.14. The van der Waals surface area contributed by atoms with Gasteiger partial charge >= 0.3 is 0 Å². The number of hydrogen-bond acceptors (Lipinski definition) is 4. The molecule has 16 heavy (non-hydrogen) atoms. The van der Waals surface area contributed by atoms with Crippen molar-refractivity contribution in [3.8, 4) is 5.75 Å². The number of hydrogen-bond donors (Lipinski definition) is 1. The highest BCUT2D eigenvalue weighted by atomic mass is 16.5. The Balaban J connectivity index is 3.17. The maximum atomic E-state index is 9.49. The van der Waals surface area contributed by atoms with Gasteiger partial charge in [0, 0.05) is 30.9 Å². The van der Waals surface area contributed by atoms with E-state index in [0.717, 1.165) is 22.6 Å². The van der Waals surface area contributed by atoms with Crippen molar-refractivity contribution in [2.45, 2.75) is 33.0 Å². The van der Waals surface area contributed by atoms with E-state index >= 15 is 0 Å². The van der Waals surface area contributed by atoms with E-state index in [1.165, 1.54) is 0 Å². The number of aliphatic hydroxyl groups excluding tert-OH is 1. The fourth-order valence-electron chi connectivity index (χ4n) is 1.75. The summed E-state index contributed by atoms with van der Waals surface area (Å²) in [6.07, 6.45) is 1.91. The van der Waals surface area contributed by atoms with Gasteiger partial charge in [0.25, 0.3) is 0 Å². The van der Waals surface area contributed by atoms with Crippen LogP contribution < -0.4 is 4.74 Å². The average Bonchev–Trinajstić information content (AvgIpc) is 2.22. The molecule has 1 N–H and O–H groups in total. The van der Waals surface area contributed by atoms with Crippen LogP contribution in [-0.4, -0.2) is 30.4 Å². The molecular weight excluding hydrogens is 206 g/mol.